The Kier molecular flexibility index (Phi) is 4.62. The molecule has 0 aromatic heterocycles. The molecule has 1 aliphatic heterocycles. The molecular formula is C10H19N3O. The lowest BCUT2D eigenvalue weighted by Crippen LogP contribution is -2.48. The van der Waals surface area contributed by atoms with Gasteiger partial charge in [0.1, 0.15) is 0 Å². The largest absolute Gasteiger partial charge is 0.349 e. The van der Waals surface area contributed by atoms with Crippen molar-refractivity contribution in [1.82, 2.24) is 15.5 Å². The summed E-state index contributed by atoms with van der Waals surface area (Å²) < 4.78 is 0. The Hall–Kier alpha value is -0.870. The highest BCUT2D eigenvalue weighted by molar-refractivity contribution is 5.78. The first-order chi connectivity index (χ1) is 6.72. The van der Waals surface area contributed by atoms with E-state index >= 15 is 0 Å². The molecule has 14 heavy (non-hydrogen) atoms. The van der Waals surface area contributed by atoms with E-state index in [1.165, 1.54) is 0 Å². The number of nitrogens with one attached hydrogen (secondary N) is 2. The van der Waals surface area contributed by atoms with Crippen LogP contribution in [0.4, 0.5) is 0 Å². The molecule has 1 unspecified atom stereocenters. The third-order valence-corrected chi connectivity index (χ3v) is 2.32. The van der Waals surface area contributed by atoms with Crippen molar-refractivity contribution in [2.45, 2.75) is 13.0 Å². The summed E-state index contributed by atoms with van der Waals surface area (Å²) in [7, 11) is 0. The zero-order valence-electron chi connectivity index (χ0n) is 8.75. The van der Waals surface area contributed by atoms with Crippen LogP contribution >= 0.6 is 0 Å². The molecule has 0 spiro atoms. The molecule has 1 heterocycles. The van der Waals surface area contributed by atoms with Crippen LogP contribution in [0, 0.1) is 0 Å². The number of nitrogens with zero attached hydrogens (tertiary/aromatic N) is 1. The van der Waals surface area contributed by atoms with Crippen molar-refractivity contribution >= 4 is 5.91 Å². The van der Waals surface area contributed by atoms with E-state index in [1.54, 1.807) is 6.08 Å². The molecule has 0 bridgehead atoms. The van der Waals surface area contributed by atoms with Crippen LogP contribution in [0.1, 0.15) is 6.92 Å². The van der Waals surface area contributed by atoms with Gasteiger partial charge in [0.25, 0.3) is 0 Å². The number of rotatable bonds is 4. The summed E-state index contributed by atoms with van der Waals surface area (Å²) in [6, 6.07) is 0.0606. The van der Waals surface area contributed by atoms with E-state index in [0.717, 1.165) is 26.2 Å². The molecule has 4 heteroatoms. The molecule has 0 aromatic rings. The lowest BCUT2D eigenvalue weighted by Gasteiger charge is -2.26. The number of amides is 1. The van der Waals surface area contributed by atoms with Gasteiger partial charge in [0.15, 0.2) is 0 Å². The summed E-state index contributed by atoms with van der Waals surface area (Å²) in [5.41, 5.74) is 0. The molecule has 1 saturated heterocycles. The Labute approximate surface area is 85.3 Å². The Morgan fingerprint density at radius 3 is 2.86 bits per heavy atom. The first-order valence-electron chi connectivity index (χ1n) is 5.07. The maximum atomic E-state index is 11.5. The minimum Gasteiger partial charge on any atom is -0.349 e. The van der Waals surface area contributed by atoms with Crippen LogP contribution in [-0.4, -0.2) is 49.6 Å². The summed E-state index contributed by atoms with van der Waals surface area (Å²) in [5.74, 6) is 0.0827. The van der Waals surface area contributed by atoms with Gasteiger partial charge in [0, 0.05) is 32.2 Å². The summed E-state index contributed by atoms with van der Waals surface area (Å²) in [4.78, 5) is 13.6. The van der Waals surface area contributed by atoms with E-state index in [4.69, 9.17) is 0 Å². The van der Waals surface area contributed by atoms with Gasteiger partial charge in [-0.05, 0) is 6.92 Å². The number of piperazine rings is 1. The predicted octanol–water partition coefficient (Wildman–Crippen LogP) is -0.418. The number of carbonyl (C=O) groups excluding carboxylic acids is 1. The molecule has 1 atom stereocenters. The minimum atomic E-state index is 0.0606. The van der Waals surface area contributed by atoms with Crippen molar-refractivity contribution in [3.8, 4) is 0 Å². The van der Waals surface area contributed by atoms with Crippen LogP contribution in [-0.2, 0) is 4.79 Å². The second-order valence-electron chi connectivity index (χ2n) is 3.62. The van der Waals surface area contributed by atoms with Crippen LogP contribution in [0.5, 0.6) is 0 Å². The van der Waals surface area contributed by atoms with Crippen molar-refractivity contribution in [1.29, 1.82) is 0 Å². The van der Waals surface area contributed by atoms with Gasteiger partial charge >= 0.3 is 0 Å². The van der Waals surface area contributed by atoms with E-state index in [1.807, 2.05) is 6.92 Å². The van der Waals surface area contributed by atoms with Crippen molar-refractivity contribution < 1.29 is 4.79 Å². The second kappa shape index (κ2) is 5.78. The highest BCUT2D eigenvalue weighted by atomic mass is 16.2. The number of hydrogen-bond acceptors (Lipinski definition) is 3. The SMILES string of the molecule is C=CC(C)NC(=O)CN1CCNCC1. The summed E-state index contributed by atoms with van der Waals surface area (Å²) in [6.07, 6.45) is 1.73. The normalized spacial score (nSPS) is 20.1. The standard InChI is InChI=1S/C10H19N3O/c1-3-9(2)12-10(14)8-13-6-4-11-5-7-13/h3,9,11H,1,4-8H2,2H3,(H,12,14). The fraction of sp³-hybridized carbons (Fsp3) is 0.700. The molecule has 0 aromatic carbocycles. The molecule has 1 amide bonds. The van der Waals surface area contributed by atoms with Crippen molar-refractivity contribution in [3.63, 3.8) is 0 Å². The van der Waals surface area contributed by atoms with Gasteiger partial charge < -0.3 is 10.6 Å². The maximum absolute atomic E-state index is 11.5. The minimum absolute atomic E-state index is 0.0606. The quantitative estimate of drug-likeness (QED) is 0.602. The molecule has 80 valence electrons. The molecule has 0 saturated carbocycles. The zero-order valence-corrected chi connectivity index (χ0v) is 8.75. The fourth-order valence-electron chi connectivity index (χ4n) is 1.43. The summed E-state index contributed by atoms with van der Waals surface area (Å²) >= 11 is 0. The first-order valence-corrected chi connectivity index (χ1v) is 5.07. The molecular weight excluding hydrogens is 178 g/mol. The first kappa shape index (κ1) is 11.2. The maximum Gasteiger partial charge on any atom is 0.234 e. The van der Waals surface area contributed by atoms with Gasteiger partial charge in [-0.3, -0.25) is 9.69 Å². The van der Waals surface area contributed by atoms with E-state index in [0.29, 0.717) is 6.54 Å². The Morgan fingerprint density at radius 1 is 1.64 bits per heavy atom. The van der Waals surface area contributed by atoms with Gasteiger partial charge in [-0.15, -0.1) is 6.58 Å². The van der Waals surface area contributed by atoms with Crippen LogP contribution in [0.15, 0.2) is 12.7 Å². The summed E-state index contributed by atoms with van der Waals surface area (Å²) in [5, 5.41) is 6.11. The van der Waals surface area contributed by atoms with Crippen LogP contribution in [0.2, 0.25) is 0 Å². The molecule has 1 fully saturated rings. The zero-order chi connectivity index (χ0) is 10.4. The molecule has 4 nitrogen and oxygen atoms in total. The fourth-order valence-corrected chi connectivity index (χ4v) is 1.43. The Bertz CT molecular complexity index is 200. The smallest absolute Gasteiger partial charge is 0.234 e. The van der Waals surface area contributed by atoms with Crippen LogP contribution < -0.4 is 10.6 Å². The average molecular weight is 197 g/mol. The lowest BCUT2D eigenvalue weighted by molar-refractivity contribution is -0.122. The van der Waals surface area contributed by atoms with Gasteiger partial charge in [0.05, 0.1) is 6.54 Å². The Morgan fingerprint density at radius 2 is 2.29 bits per heavy atom. The van der Waals surface area contributed by atoms with E-state index < -0.39 is 0 Å². The van der Waals surface area contributed by atoms with Crippen molar-refractivity contribution in [2.24, 2.45) is 0 Å². The Balaban J connectivity index is 2.21. The van der Waals surface area contributed by atoms with Gasteiger partial charge in [-0.25, -0.2) is 0 Å². The van der Waals surface area contributed by atoms with E-state index in [9.17, 15) is 4.79 Å². The average Bonchev–Trinajstić information content (AvgIpc) is 2.19. The number of hydrogen-bond donors (Lipinski definition) is 2. The topological polar surface area (TPSA) is 44.4 Å². The predicted molar refractivity (Wildman–Crippen MR) is 57.1 cm³/mol. The third kappa shape index (κ3) is 3.89. The van der Waals surface area contributed by atoms with Crippen LogP contribution in [0.3, 0.4) is 0 Å². The van der Waals surface area contributed by atoms with Gasteiger partial charge in [-0.2, -0.15) is 0 Å². The van der Waals surface area contributed by atoms with Crippen LogP contribution in [0.25, 0.3) is 0 Å². The van der Waals surface area contributed by atoms with E-state index in [2.05, 4.69) is 22.1 Å². The number of carbonyl (C=O) groups is 1. The van der Waals surface area contributed by atoms with Crippen molar-refractivity contribution in [2.75, 3.05) is 32.7 Å². The molecule has 0 aliphatic carbocycles. The molecule has 1 aliphatic rings. The highest BCUT2D eigenvalue weighted by Gasteiger charge is 2.13. The molecule has 0 radical (unpaired) electrons. The van der Waals surface area contributed by atoms with Gasteiger partial charge in [-0.1, -0.05) is 6.08 Å². The monoisotopic (exact) mass is 197 g/mol. The van der Waals surface area contributed by atoms with Crippen molar-refractivity contribution in [3.05, 3.63) is 12.7 Å². The second-order valence-corrected chi connectivity index (χ2v) is 3.62. The molecule has 1 rings (SSSR count). The highest BCUT2D eigenvalue weighted by Crippen LogP contribution is 1.91. The van der Waals surface area contributed by atoms with Gasteiger partial charge in [0.2, 0.25) is 5.91 Å². The van der Waals surface area contributed by atoms with E-state index in [-0.39, 0.29) is 11.9 Å². The lowest BCUT2D eigenvalue weighted by atomic mass is 10.3. The summed E-state index contributed by atoms with van der Waals surface area (Å²) in [6.45, 7) is 9.90. The third-order valence-electron chi connectivity index (χ3n) is 2.32. The molecule has 2 N–H and O–H groups in total.